The van der Waals surface area contributed by atoms with Crippen LogP contribution in [0.1, 0.15) is 23.6 Å². The van der Waals surface area contributed by atoms with E-state index in [4.69, 9.17) is 11.6 Å². The Morgan fingerprint density at radius 1 is 1.29 bits per heavy atom. The largest absolute Gasteiger partial charge is 0.255 e. The van der Waals surface area contributed by atoms with Crippen LogP contribution in [-0.2, 0) is 13.5 Å². The standard InChI is InChI=1S/C13H16ClN3/c1-10(8-12-9-17(2)16-15-12)13(14)11-6-4-3-5-7-11/h3-7,9-10,13H,8H2,1-2H3. The SMILES string of the molecule is CC(Cc1cn(C)nn1)C(Cl)c1ccccc1. The van der Waals surface area contributed by atoms with Crippen LogP contribution in [0, 0.1) is 5.92 Å². The van der Waals surface area contributed by atoms with Crippen molar-refractivity contribution < 1.29 is 0 Å². The Labute approximate surface area is 106 Å². The zero-order chi connectivity index (χ0) is 12.3. The topological polar surface area (TPSA) is 30.7 Å². The highest BCUT2D eigenvalue weighted by molar-refractivity contribution is 6.21. The summed E-state index contributed by atoms with van der Waals surface area (Å²) in [5, 5.41) is 8.02. The molecule has 0 radical (unpaired) electrons. The first-order valence-electron chi connectivity index (χ1n) is 5.71. The molecule has 3 nitrogen and oxygen atoms in total. The molecule has 2 rings (SSSR count). The Kier molecular flexibility index (Phi) is 3.79. The molecule has 0 fully saturated rings. The van der Waals surface area contributed by atoms with Gasteiger partial charge in [0.05, 0.1) is 11.1 Å². The monoisotopic (exact) mass is 249 g/mol. The van der Waals surface area contributed by atoms with Crippen molar-refractivity contribution in [2.24, 2.45) is 13.0 Å². The van der Waals surface area contributed by atoms with Crippen molar-refractivity contribution in [1.29, 1.82) is 0 Å². The molecule has 1 aromatic carbocycles. The van der Waals surface area contributed by atoms with Crippen LogP contribution in [-0.4, -0.2) is 15.0 Å². The summed E-state index contributed by atoms with van der Waals surface area (Å²) in [5.74, 6) is 0.329. The molecule has 17 heavy (non-hydrogen) atoms. The molecule has 4 heteroatoms. The molecule has 0 amide bonds. The Morgan fingerprint density at radius 3 is 2.59 bits per heavy atom. The molecule has 90 valence electrons. The van der Waals surface area contributed by atoms with Crippen LogP contribution in [0.2, 0.25) is 0 Å². The van der Waals surface area contributed by atoms with E-state index in [9.17, 15) is 0 Å². The van der Waals surface area contributed by atoms with Gasteiger partial charge in [0.2, 0.25) is 0 Å². The number of hydrogen-bond acceptors (Lipinski definition) is 2. The molecule has 2 atom stereocenters. The summed E-state index contributed by atoms with van der Waals surface area (Å²) in [6.45, 7) is 2.14. The maximum absolute atomic E-state index is 6.46. The number of hydrogen-bond donors (Lipinski definition) is 0. The summed E-state index contributed by atoms with van der Waals surface area (Å²) in [4.78, 5) is 0. The van der Waals surface area contributed by atoms with E-state index < -0.39 is 0 Å². The molecule has 2 aromatic rings. The maximum Gasteiger partial charge on any atom is 0.0830 e. The van der Waals surface area contributed by atoms with Crippen LogP contribution in [0.4, 0.5) is 0 Å². The summed E-state index contributed by atoms with van der Waals surface area (Å²) in [7, 11) is 1.87. The second kappa shape index (κ2) is 5.32. The van der Waals surface area contributed by atoms with Gasteiger partial charge in [0.15, 0.2) is 0 Å². The number of alkyl halides is 1. The minimum absolute atomic E-state index is 0.0122. The van der Waals surface area contributed by atoms with Crippen LogP contribution >= 0.6 is 11.6 Å². The van der Waals surface area contributed by atoms with Gasteiger partial charge in [-0.3, -0.25) is 4.68 Å². The normalized spacial score (nSPS) is 14.5. The Bertz CT molecular complexity index is 467. The van der Waals surface area contributed by atoms with E-state index in [1.54, 1.807) is 4.68 Å². The maximum atomic E-state index is 6.46. The van der Waals surface area contributed by atoms with Crippen LogP contribution in [0.15, 0.2) is 36.5 Å². The molecule has 0 saturated heterocycles. The number of aryl methyl sites for hydroxylation is 1. The number of benzene rings is 1. The number of rotatable bonds is 4. The molecule has 1 aromatic heterocycles. The fourth-order valence-electron chi connectivity index (χ4n) is 1.89. The van der Waals surface area contributed by atoms with Gasteiger partial charge in [0.25, 0.3) is 0 Å². The fourth-order valence-corrected chi connectivity index (χ4v) is 2.12. The zero-order valence-corrected chi connectivity index (χ0v) is 10.8. The van der Waals surface area contributed by atoms with E-state index in [2.05, 4.69) is 29.4 Å². The molecule has 0 aliphatic heterocycles. The quantitative estimate of drug-likeness (QED) is 0.780. The lowest BCUT2D eigenvalue weighted by molar-refractivity contribution is 0.550. The van der Waals surface area contributed by atoms with Crippen molar-refractivity contribution >= 4 is 11.6 Å². The molecule has 0 aliphatic rings. The summed E-state index contributed by atoms with van der Waals surface area (Å²) in [6.07, 6.45) is 2.78. The van der Waals surface area contributed by atoms with Gasteiger partial charge in [-0.25, -0.2) is 0 Å². The van der Waals surface area contributed by atoms with E-state index in [0.29, 0.717) is 5.92 Å². The Morgan fingerprint density at radius 2 is 2.00 bits per heavy atom. The van der Waals surface area contributed by atoms with Gasteiger partial charge in [-0.2, -0.15) is 0 Å². The average Bonchev–Trinajstić information content (AvgIpc) is 2.75. The lowest BCUT2D eigenvalue weighted by atomic mass is 9.96. The molecular weight excluding hydrogens is 234 g/mol. The second-order valence-electron chi connectivity index (χ2n) is 4.38. The lowest BCUT2D eigenvalue weighted by Crippen LogP contribution is -2.07. The molecule has 0 spiro atoms. The van der Waals surface area contributed by atoms with E-state index in [-0.39, 0.29) is 5.38 Å². The van der Waals surface area contributed by atoms with Gasteiger partial charge in [0.1, 0.15) is 0 Å². The second-order valence-corrected chi connectivity index (χ2v) is 4.85. The summed E-state index contributed by atoms with van der Waals surface area (Å²) in [5.41, 5.74) is 2.15. The van der Waals surface area contributed by atoms with Gasteiger partial charge in [0, 0.05) is 13.2 Å². The number of aromatic nitrogens is 3. The Balaban J connectivity index is 2.03. The molecular formula is C13H16ClN3. The highest BCUT2D eigenvalue weighted by Crippen LogP contribution is 2.30. The van der Waals surface area contributed by atoms with Gasteiger partial charge < -0.3 is 0 Å². The van der Waals surface area contributed by atoms with Gasteiger partial charge in [-0.1, -0.05) is 42.5 Å². The predicted molar refractivity (Wildman–Crippen MR) is 68.9 cm³/mol. The van der Waals surface area contributed by atoms with Crippen molar-refractivity contribution in [3.05, 3.63) is 47.8 Å². The van der Waals surface area contributed by atoms with Crippen molar-refractivity contribution in [1.82, 2.24) is 15.0 Å². The third kappa shape index (κ3) is 3.07. The first-order valence-corrected chi connectivity index (χ1v) is 6.14. The van der Waals surface area contributed by atoms with Gasteiger partial charge in [-0.05, 0) is 17.9 Å². The lowest BCUT2D eigenvalue weighted by Gasteiger charge is -2.17. The van der Waals surface area contributed by atoms with Gasteiger partial charge in [-0.15, -0.1) is 16.7 Å². The van der Waals surface area contributed by atoms with Crippen molar-refractivity contribution in [3.63, 3.8) is 0 Å². The van der Waals surface area contributed by atoms with Crippen molar-refractivity contribution in [2.75, 3.05) is 0 Å². The van der Waals surface area contributed by atoms with Crippen molar-refractivity contribution in [3.8, 4) is 0 Å². The summed E-state index contributed by atoms with van der Waals surface area (Å²) < 4.78 is 1.72. The third-order valence-electron chi connectivity index (χ3n) is 2.80. The van der Waals surface area contributed by atoms with Crippen LogP contribution in [0.25, 0.3) is 0 Å². The first-order chi connectivity index (χ1) is 8.16. The molecule has 0 saturated carbocycles. The van der Waals surface area contributed by atoms with E-state index in [1.165, 1.54) is 0 Å². The zero-order valence-electron chi connectivity index (χ0n) is 10.0. The third-order valence-corrected chi connectivity index (χ3v) is 3.48. The highest BCUT2D eigenvalue weighted by atomic mass is 35.5. The predicted octanol–water partition coefficient (Wildman–Crippen LogP) is 2.97. The minimum Gasteiger partial charge on any atom is -0.255 e. The average molecular weight is 250 g/mol. The smallest absolute Gasteiger partial charge is 0.0830 e. The molecule has 2 unspecified atom stereocenters. The van der Waals surface area contributed by atoms with Crippen LogP contribution in [0.3, 0.4) is 0 Å². The van der Waals surface area contributed by atoms with E-state index in [0.717, 1.165) is 17.7 Å². The molecule has 0 N–H and O–H groups in total. The minimum atomic E-state index is 0.0122. The number of halogens is 1. The highest BCUT2D eigenvalue weighted by Gasteiger charge is 2.17. The Hall–Kier alpha value is -1.35. The molecule has 0 bridgehead atoms. The van der Waals surface area contributed by atoms with Crippen LogP contribution < -0.4 is 0 Å². The first kappa shape index (κ1) is 12.1. The van der Waals surface area contributed by atoms with E-state index >= 15 is 0 Å². The summed E-state index contributed by atoms with van der Waals surface area (Å²) in [6, 6.07) is 10.1. The van der Waals surface area contributed by atoms with E-state index in [1.807, 2.05) is 31.4 Å². The number of nitrogens with zero attached hydrogens (tertiary/aromatic N) is 3. The molecule has 0 aliphatic carbocycles. The van der Waals surface area contributed by atoms with Crippen LogP contribution in [0.5, 0.6) is 0 Å². The summed E-state index contributed by atoms with van der Waals surface area (Å²) >= 11 is 6.46. The fraction of sp³-hybridized carbons (Fsp3) is 0.385. The van der Waals surface area contributed by atoms with Crippen molar-refractivity contribution in [2.45, 2.75) is 18.7 Å². The molecule has 1 heterocycles. The van der Waals surface area contributed by atoms with Gasteiger partial charge >= 0.3 is 0 Å².